The molecular weight excluding hydrogens is 429 g/mol. The zero-order valence-corrected chi connectivity index (χ0v) is 18.7. The summed E-state index contributed by atoms with van der Waals surface area (Å²) < 4.78 is 45.0. The average molecular weight is 457 g/mol. The minimum absolute atomic E-state index is 0.0400. The minimum Gasteiger partial charge on any atom is -0.377 e. The summed E-state index contributed by atoms with van der Waals surface area (Å²) in [6, 6.07) is 14.4. The molecule has 1 saturated heterocycles. The van der Waals surface area contributed by atoms with Crippen molar-refractivity contribution in [3.8, 4) is 0 Å². The summed E-state index contributed by atoms with van der Waals surface area (Å²) in [7, 11) is 0. The Labute approximate surface area is 191 Å². The number of halogens is 3. The van der Waals surface area contributed by atoms with E-state index in [2.05, 4.69) is 12.2 Å². The average Bonchev–Trinajstić information content (AvgIpc) is 2.79. The van der Waals surface area contributed by atoms with E-state index in [1.54, 1.807) is 18.2 Å². The highest BCUT2D eigenvalue weighted by Gasteiger charge is 2.31. The molecule has 1 unspecified atom stereocenters. The Balaban J connectivity index is 1.73. The predicted molar refractivity (Wildman–Crippen MR) is 124 cm³/mol. The highest BCUT2D eigenvalue weighted by molar-refractivity contribution is 6.12. The quantitative estimate of drug-likeness (QED) is 0.473. The maximum Gasteiger partial charge on any atom is 0.416 e. The fourth-order valence-corrected chi connectivity index (χ4v) is 4.45. The first kappa shape index (κ1) is 23.1. The van der Waals surface area contributed by atoms with Gasteiger partial charge in [-0.25, -0.2) is 0 Å². The van der Waals surface area contributed by atoms with Gasteiger partial charge in [0.1, 0.15) is 0 Å². The molecule has 1 N–H and O–H groups in total. The van der Waals surface area contributed by atoms with Crippen molar-refractivity contribution in [2.75, 3.05) is 25.1 Å². The molecule has 1 amide bonds. The molecule has 1 aliphatic rings. The Morgan fingerprint density at radius 3 is 2.70 bits per heavy atom. The number of anilines is 2. The molecule has 4 nitrogen and oxygen atoms in total. The van der Waals surface area contributed by atoms with Crippen LogP contribution in [0.2, 0.25) is 0 Å². The molecule has 3 aromatic rings. The van der Waals surface area contributed by atoms with E-state index in [4.69, 9.17) is 4.74 Å². The lowest BCUT2D eigenvalue weighted by Crippen LogP contribution is -2.48. The number of hydrogen-bond donors (Lipinski definition) is 1. The Bertz CT molecular complexity index is 1160. The number of alkyl halides is 3. The summed E-state index contributed by atoms with van der Waals surface area (Å²) in [6.45, 7) is 5.62. The number of nitrogens with one attached hydrogen (secondary N) is 1. The molecular formula is C26H27F3N2O2. The van der Waals surface area contributed by atoms with Gasteiger partial charge in [0.2, 0.25) is 0 Å². The lowest BCUT2D eigenvalue weighted by atomic mass is 9.96. The molecule has 0 aliphatic carbocycles. The number of carbonyl (C=O) groups is 1. The van der Waals surface area contributed by atoms with E-state index in [1.807, 2.05) is 30.0 Å². The van der Waals surface area contributed by atoms with Gasteiger partial charge in [-0.1, -0.05) is 37.6 Å². The van der Waals surface area contributed by atoms with Crippen LogP contribution in [0, 0.1) is 6.92 Å². The van der Waals surface area contributed by atoms with Gasteiger partial charge in [0.15, 0.2) is 0 Å². The van der Waals surface area contributed by atoms with Crippen LogP contribution in [0.4, 0.5) is 24.5 Å². The van der Waals surface area contributed by atoms with Gasteiger partial charge in [-0.2, -0.15) is 13.2 Å². The van der Waals surface area contributed by atoms with Crippen LogP contribution >= 0.6 is 0 Å². The topological polar surface area (TPSA) is 41.6 Å². The molecule has 3 aromatic carbocycles. The Morgan fingerprint density at radius 1 is 1.15 bits per heavy atom. The van der Waals surface area contributed by atoms with Crippen LogP contribution in [0.3, 0.4) is 0 Å². The van der Waals surface area contributed by atoms with E-state index < -0.39 is 11.7 Å². The van der Waals surface area contributed by atoms with Crippen molar-refractivity contribution >= 4 is 28.1 Å². The van der Waals surface area contributed by atoms with Crippen LogP contribution in [0.1, 0.15) is 41.3 Å². The predicted octanol–water partition coefficient (Wildman–Crippen LogP) is 6.55. The third-order valence-electron chi connectivity index (χ3n) is 6.06. The second-order valence-corrected chi connectivity index (χ2v) is 8.38. The number of fused-ring (bicyclic) bond motifs is 1. The summed E-state index contributed by atoms with van der Waals surface area (Å²) in [5.74, 6) is -0.0401. The van der Waals surface area contributed by atoms with Gasteiger partial charge < -0.3 is 15.0 Å². The van der Waals surface area contributed by atoms with Gasteiger partial charge in [0.25, 0.3) is 5.91 Å². The fourth-order valence-electron chi connectivity index (χ4n) is 4.45. The van der Waals surface area contributed by atoms with Gasteiger partial charge >= 0.3 is 6.18 Å². The van der Waals surface area contributed by atoms with Crippen molar-refractivity contribution < 1.29 is 22.7 Å². The molecule has 1 atom stereocenters. The van der Waals surface area contributed by atoms with Gasteiger partial charge in [0, 0.05) is 28.9 Å². The first-order valence-electron chi connectivity index (χ1n) is 11.1. The molecule has 0 aromatic heterocycles. The van der Waals surface area contributed by atoms with Gasteiger partial charge in [-0.05, 0) is 54.6 Å². The highest BCUT2D eigenvalue weighted by atomic mass is 19.4. The lowest BCUT2D eigenvalue weighted by Gasteiger charge is -2.36. The molecule has 174 valence electrons. The number of hydrogen-bond acceptors (Lipinski definition) is 3. The van der Waals surface area contributed by atoms with Crippen LogP contribution in [0.15, 0.2) is 54.6 Å². The molecule has 0 saturated carbocycles. The van der Waals surface area contributed by atoms with Crippen molar-refractivity contribution in [2.45, 2.75) is 38.9 Å². The molecule has 1 fully saturated rings. The van der Waals surface area contributed by atoms with E-state index in [0.29, 0.717) is 36.7 Å². The van der Waals surface area contributed by atoms with Gasteiger partial charge in [-0.15, -0.1) is 0 Å². The zero-order chi connectivity index (χ0) is 23.6. The first-order chi connectivity index (χ1) is 15.8. The number of morpholine rings is 1. The molecule has 7 heteroatoms. The van der Waals surface area contributed by atoms with E-state index in [9.17, 15) is 18.0 Å². The highest BCUT2D eigenvalue weighted by Crippen LogP contribution is 2.35. The lowest BCUT2D eigenvalue weighted by molar-refractivity contribution is -0.137. The van der Waals surface area contributed by atoms with E-state index in [-0.39, 0.29) is 11.9 Å². The molecule has 1 aliphatic heterocycles. The van der Waals surface area contributed by atoms with Crippen LogP contribution < -0.4 is 5.32 Å². The Kier molecular flexibility index (Phi) is 6.61. The normalized spacial score (nSPS) is 16.8. The summed E-state index contributed by atoms with van der Waals surface area (Å²) in [6.07, 6.45) is -2.59. The largest absolute Gasteiger partial charge is 0.416 e. The van der Waals surface area contributed by atoms with Crippen LogP contribution in [0.5, 0.6) is 0 Å². The molecule has 0 bridgehead atoms. The third kappa shape index (κ3) is 4.83. The first-order valence-corrected chi connectivity index (χ1v) is 11.1. The Morgan fingerprint density at radius 2 is 1.94 bits per heavy atom. The summed E-state index contributed by atoms with van der Waals surface area (Å²) >= 11 is 0. The van der Waals surface area contributed by atoms with Crippen molar-refractivity contribution in [3.05, 3.63) is 71.3 Å². The standard InChI is InChI=1S/C26H27F3N2O2/c1-3-6-20-16-33-14-13-31(20)25(32)22-11-12-23(21-10-4-7-17(2)24(21)22)30-19-9-5-8-18(15-19)26(27,28)29/h4-5,7-12,15,20,30H,3,6,13-14,16H2,1-2H3. The summed E-state index contributed by atoms with van der Waals surface area (Å²) in [5, 5.41) is 4.71. The molecule has 0 spiro atoms. The maximum absolute atomic E-state index is 13.6. The van der Waals surface area contributed by atoms with Crippen molar-refractivity contribution in [1.82, 2.24) is 4.90 Å². The number of rotatable bonds is 5. The van der Waals surface area contributed by atoms with Crippen molar-refractivity contribution in [3.63, 3.8) is 0 Å². The fraction of sp³-hybridized carbons (Fsp3) is 0.346. The van der Waals surface area contributed by atoms with E-state index in [1.165, 1.54) is 6.07 Å². The van der Waals surface area contributed by atoms with Crippen LogP contribution in [0.25, 0.3) is 10.8 Å². The monoisotopic (exact) mass is 456 g/mol. The number of amides is 1. The molecule has 1 heterocycles. The SMILES string of the molecule is CCCC1COCCN1C(=O)c1ccc(Nc2cccc(C(F)(F)F)c2)c2cccc(C)c12. The van der Waals surface area contributed by atoms with E-state index >= 15 is 0 Å². The van der Waals surface area contributed by atoms with E-state index in [0.717, 1.165) is 41.3 Å². The molecule has 33 heavy (non-hydrogen) atoms. The number of nitrogens with zero attached hydrogens (tertiary/aromatic N) is 1. The van der Waals surface area contributed by atoms with Crippen LogP contribution in [-0.4, -0.2) is 36.6 Å². The maximum atomic E-state index is 13.6. The number of carbonyl (C=O) groups excluding carboxylic acids is 1. The molecule has 4 rings (SSSR count). The smallest absolute Gasteiger partial charge is 0.377 e. The second-order valence-electron chi connectivity index (χ2n) is 8.38. The van der Waals surface area contributed by atoms with Crippen molar-refractivity contribution in [2.24, 2.45) is 0 Å². The molecule has 0 radical (unpaired) electrons. The Hall–Kier alpha value is -3.06. The summed E-state index contributed by atoms with van der Waals surface area (Å²) in [4.78, 5) is 15.5. The van der Waals surface area contributed by atoms with Gasteiger partial charge in [0.05, 0.1) is 24.8 Å². The van der Waals surface area contributed by atoms with Gasteiger partial charge in [-0.3, -0.25) is 4.79 Å². The minimum atomic E-state index is -4.42. The number of ether oxygens (including phenoxy) is 1. The third-order valence-corrected chi connectivity index (χ3v) is 6.06. The number of aryl methyl sites for hydroxylation is 1. The van der Waals surface area contributed by atoms with Crippen molar-refractivity contribution in [1.29, 1.82) is 0 Å². The summed E-state index contributed by atoms with van der Waals surface area (Å²) in [5.41, 5.74) is 1.80. The second kappa shape index (κ2) is 9.43. The van der Waals surface area contributed by atoms with Crippen LogP contribution in [-0.2, 0) is 10.9 Å². The zero-order valence-electron chi connectivity index (χ0n) is 18.7. The number of benzene rings is 3.